The highest BCUT2D eigenvalue weighted by molar-refractivity contribution is 6.12. The second-order valence-corrected chi connectivity index (χ2v) is 11.5. The second-order valence-electron chi connectivity index (χ2n) is 11.5. The molecule has 0 saturated carbocycles. The predicted octanol–water partition coefficient (Wildman–Crippen LogP) is 4.28. The zero-order valence-corrected chi connectivity index (χ0v) is 25.9. The number of anilines is 1. The molecule has 0 radical (unpaired) electrons. The van der Waals surface area contributed by atoms with E-state index in [1.165, 1.54) is 20.2 Å². The van der Waals surface area contributed by atoms with Gasteiger partial charge in [-0.25, -0.2) is 9.18 Å². The maximum atomic E-state index is 15.5. The Kier molecular flexibility index (Phi) is 9.48. The largest absolute Gasteiger partial charge is 0.496 e. The molecule has 2 atom stereocenters. The summed E-state index contributed by atoms with van der Waals surface area (Å²) in [6, 6.07) is 14.3. The topological polar surface area (TPSA) is 129 Å². The summed E-state index contributed by atoms with van der Waals surface area (Å²) < 4.78 is 21.1. The molecule has 2 saturated heterocycles. The smallest absolute Gasteiger partial charge is 0.323 e. The van der Waals surface area contributed by atoms with Gasteiger partial charge in [-0.15, -0.1) is 0 Å². The number of amides is 5. The van der Waals surface area contributed by atoms with E-state index in [0.29, 0.717) is 42.1 Å². The molecule has 5 amide bonds. The average Bonchev–Trinajstić information content (AvgIpc) is 3.44. The number of methoxy groups -OCH3 is 1. The van der Waals surface area contributed by atoms with Crippen molar-refractivity contribution in [2.24, 2.45) is 5.92 Å². The van der Waals surface area contributed by atoms with Gasteiger partial charge in [0.2, 0.25) is 17.7 Å². The maximum absolute atomic E-state index is 15.5. The molecule has 10 nitrogen and oxygen atoms in total. The van der Waals surface area contributed by atoms with E-state index in [4.69, 9.17) is 4.74 Å². The van der Waals surface area contributed by atoms with Gasteiger partial charge in [0.25, 0.3) is 0 Å². The van der Waals surface area contributed by atoms with Gasteiger partial charge in [-0.2, -0.15) is 0 Å². The highest BCUT2D eigenvalue weighted by atomic mass is 19.1. The molecular weight excluding hydrogens is 577 g/mol. The van der Waals surface area contributed by atoms with Gasteiger partial charge in [0.05, 0.1) is 7.11 Å². The van der Waals surface area contributed by atoms with Crippen LogP contribution >= 0.6 is 0 Å². The summed E-state index contributed by atoms with van der Waals surface area (Å²) >= 11 is 0. The van der Waals surface area contributed by atoms with Crippen LogP contribution in [-0.2, 0) is 20.9 Å². The first kappa shape index (κ1) is 31.6. The van der Waals surface area contributed by atoms with Crippen molar-refractivity contribution in [1.29, 1.82) is 0 Å². The highest BCUT2D eigenvalue weighted by Gasteiger charge is 2.36. The standard InChI is InChI=1S/C34H38FN5O5/c1-19-23(21-15-28(35)26(30(16-21)45-4)17-36-14-13-22-11-12-31(41)38-22)7-5-8-24(19)25-9-6-10-29(20(25)2)39-32(42)27-18-37-34(44)40(3)33(27)43/h5-10,15-16,22,27,36H,11-14,17-18H2,1-4H3,(H,37,44)(H,38,41)(H,39,42). The normalized spacial score (nSPS) is 18.1. The van der Waals surface area contributed by atoms with Gasteiger partial charge in [-0.1, -0.05) is 30.3 Å². The average molecular weight is 616 g/mol. The van der Waals surface area contributed by atoms with Crippen LogP contribution in [0.25, 0.3) is 22.3 Å². The van der Waals surface area contributed by atoms with Crippen molar-refractivity contribution in [2.75, 3.05) is 32.6 Å². The molecule has 4 N–H and O–H groups in total. The Balaban J connectivity index is 1.35. The van der Waals surface area contributed by atoms with Gasteiger partial charge in [0.15, 0.2) is 0 Å². The lowest BCUT2D eigenvalue weighted by molar-refractivity contribution is -0.138. The molecule has 2 fully saturated rings. The number of rotatable bonds is 10. The molecule has 2 unspecified atom stereocenters. The van der Waals surface area contributed by atoms with E-state index >= 15 is 4.39 Å². The van der Waals surface area contributed by atoms with Crippen LogP contribution < -0.4 is 26.0 Å². The molecule has 0 bridgehead atoms. The molecule has 0 aromatic heterocycles. The van der Waals surface area contributed by atoms with E-state index in [1.54, 1.807) is 6.07 Å². The van der Waals surface area contributed by atoms with Crippen molar-refractivity contribution in [3.63, 3.8) is 0 Å². The van der Waals surface area contributed by atoms with Crippen LogP contribution in [0.2, 0.25) is 0 Å². The summed E-state index contributed by atoms with van der Waals surface area (Å²) in [5.74, 6) is -1.95. The third-order valence-corrected chi connectivity index (χ3v) is 8.66. The molecular formula is C34H38FN5O5. The minimum atomic E-state index is -1.03. The van der Waals surface area contributed by atoms with E-state index < -0.39 is 23.8 Å². The van der Waals surface area contributed by atoms with E-state index in [-0.39, 0.29) is 24.3 Å². The number of hydrogen-bond donors (Lipinski definition) is 4. The van der Waals surface area contributed by atoms with E-state index in [2.05, 4.69) is 21.3 Å². The fourth-order valence-corrected chi connectivity index (χ4v) is 5.96. The first-order valence-electron chi connectivity index (χ1n) is 15.0. The third kappa shape index (κ3) is 6.68. The first-order valence-corrected chi connectivity index (χ1v) is 15.0. The molecule has 11 heteroatoms. The third-order valence-electron chi connectivity index (χ3n) is 8.66. The Bertz CT molecular complexity index is 1660. The molecule has 236 valence electrons. The van der Waals surface area contributed by atoms with Crippen LogP contribution in [0.5, 0.6) is 5.75 Å². The van der Waals surface area contributed by atoms with Gasteiger partial charge in [-0.3, -0.25) is 19.3 Å². The van der Waals surface area contributed by atoms with Crippen molar-refractivity contribution in [1.82, 2.24) is 20.9 Å². The number of carbonyl (C=O) groups excluding carboxylic acids is 4. The zero-order chi connectivity index (χ0) is 32.2. The highest BCUT2D eigenvalue weighted by Crippen LogP contribution is 2.37. The second kappa shape index (κ2) is 13.5. The lowest BCUT2D eigenvalue weighted by Crippen LogP contribution is -2.56. The van der Waals surface area contributed by atoms with Crippen molar-refractivity contribution in [3.8, 4) is 28.0 Å². The Hall–Kier alpha value is -4.77. The summed E-state index contributed by atoms with van der Waals surface area (Å²) in [5, 5.41) is 11.6. The Morgan fingerprint density at radius 3 is 2.47 bits per heavy atom. The van der Waals surface area contributed by atoms with E-state index in [9.17, 15) is 19.2 Å². The molecule has 2 aliphatic heterocycles. The Morgan fingerprint density at radius 2 is 1.76 bits per heavy atom. The lowest BCUT2D eigenvalue weighted by Gasteiger charge is -2.28. The number of nitrogens with one attached hydrogen (secondary N) is 4. The minimum Gasteiger partial charge on any atom is -0.496 e. The first-order chi connectivity index (χ1) is 21.6. The van der Waals surface area contributed by atoms with Gasteiger partial charge >= 0.3 is 6.03 Å². The summed E-state index contributed by atoms with van der Waals surface area (Å²) in [6.45, 7) is 4.72. The van der Waals surface area contributed by atoms with Gasteiger partial charge in [0, 0.05) is 43.9 Å². The number of carbonyl (C=O) groups is 4. The molecule has 3 aromatic rings. The number of nitrogens with zero attached hydrogens (tertiary/aromatic N) is 1. The van der Waals surface area contributed by atoms with Crippen LogP contribution in [0.3, 0.4) is 0 Å². The number of urea groups is 1. The summed E-state index contributed by atoms with van der Waals surface area (Å²) in [6.07, 6.45) is 2.15. The van der Waals surface area contributed by atoms with Crippen molar-refractivity contribution >= 4 is 29.4 Å². The molecule has 45 heavy (non-hydrogen) atoms. The van der Waals surface area contributed by atoms with Gasteiger partial charge < -0.3 is 26.0 Å². The molecule has 2 heterocycles. The van der Waals surface area contributed by atoms with Crippen molar-refractivity contribution in [3.05, 3.63) is 71.0 Å². The summed E-state index contributed by atoms with van der Waals surface area (Å²) in [4.78, 5) is 49.6. The van der Waals surface area contributed by atoms with Gasteiger partial charge in [-0.05, 0) is 84.8 Å². The minimum absolute atomic E-state index is 0.0667. The van der Waals surface area contributed by atoms with Crippen LogP contribution in [-0.4, -0.2) is 61.9 Å². The Morgan fingerprint density at radius 1 is 1.04 bits per heavy atom. The lowest BCUT2D eigenvalue weighted by atomic mass is 9.90. The zero-order valence-electron chi connectivity index (χ0n) is 25.9. The van der Waals surface area contributed by atoms with Crippen LogP contribution in [0.4, 0.5) is 14.9 Å². The molecule has 2 aliphatic rings. The Labute approximate surface area is 261 Å². The number of hydrogen-bond acceptors (Lipinski definition) is 6. The maximum Gasteiger partial charge on any atom is 0.323 e. The fourth-order valence-electron chi connectivity index (χ4n) is 5.96. The van der Waals surface area contributed by atoms with Crippen LogP contribution in [0, 0.1) is 25.6 Å². The molecule has 0 aliphatic carbocycles. The molecule has 3 aromatic carbocycles. The number of imide groups is 1. The number of ether oxygens (including phenoxy) is 1. The van der Waals surface area contributed by atoms with Crippen LogP contribution in [0.15, 0.2) is 48.5 Å². The number of benzene rings is 3. The molecule has 5 rings (SSSR count). The quantitative estimate of drug-likeness (QED) is 0.199. The van der Waals surface area contributed by atoms with Crippen molar-refractivity contribution in [2.45, 2.75) is 45.7 Å². The van der Waals surface area contributed by atoms with E-state index in [0.717, 1.165) is 45.6 Å². The number of halogens is 1. The fraction of sp³-hybridized carbons (Fsp3) is 0.353. The van der Waals surface area contributed by atoms with Gasteiger partial charge in [0.1, 0.15) is 17.5 Å². The SMILES string of the molecule is COc1cc(-c2cccc(-c3cccc(NC(=O)C4CNC(=O)N(C)C4=O)c3C)c2C)cc(F)c1CNCCC1CCC(=O)N1. The summed E-state index contributed by atoms with van der Waals surface area (Å²) in [5.41, 5.74) is 5.99. The van der Waals surface area contributed by atoms with Crippen molar-refractivity contribution < 1.29 is 28.3 Å². The monoisotopic (exact) mass is 615 g/mol. The van der Waals surface area contributed by atoms with Crippen LogP contribution in [0.1, 0.15) is 36.0 Å². The van der Waals surface area contributed by atoms with E-state index in [1.807, 2.05) is 50.2 Å². The predicted molar refractivity (Wildman–Crippen MR) is 169 cm³/mol. The summed E-state index contributed by atoms with van der Waals surface area (Å²) in [7, 11) is 2.86. The molecule has 0 spiro atoms.